The van der Waals surface area contributed by atoms with Crippen LogP contribution >= 0.6 is 0 Å². The Morgan fingerprint density at radius 1 is 1.09 bits per heavy atom. The molecule has 3 aliphatic rings. The fourth-order valence-electron chi connectivity index (χ4n) is 5.45. The van der Waals surface area contributed by atoms with E-state index >= 15 is 0 Å². The molecule has 2 saturated heterocycles. The van der Waals surface area contributed by atoms with Crippen molar-refractivity contribution in [3.63, 3.8) is 0 Å². The molecule has 0 aromatic carbocycles. The quantitative estimate of drug-likeness (QED) is 0.194. The normalized spacial score (nSPS) is 47.3. The fraction of sp³-hybridized carbons (Fsp3) is 0.917. The van der Waals surface area contributed by atoms with Crippen molar-refractivity contribution in [3.05, 3.63) is 12.2 Å². The Morgan fingerprint density at radius 2 is 1.77 bits per heavy atom. The smallest absolute Gasteiger partial charge is 0.186 e. The first kappa shape index (κ1) is 28.9. The predicted octanol–water partition coefficient (Wildman–Crippen LogP) is -1.35. The third-order valence-corrected chi connectivity index (χ3v) is 7.50. The molecule has 0 aromatic heterocycles. The average Bonchev–Trinajstić information content (AvgIpc) is 3.06. The van der Waals surface area contributed by atoms with Gasteiger partial charge >= 0.3 is 0 Å². The minimum atomic E-state index is -1.86. The molecule has 11 nitrogen and oxygen atoms in total. The topological polar surface area (TPSA) is 179 Å². The highest BCUT2D eigenvalue weighted by molar-refractivity contribution is 5.03. The van der Waals surface area contributed by atoms with E-state index in [9.17, 15) is 35.7 Å². The minimum Gasteiger partial charge on any atom is -0.393 e. The Balaban J connectivity index is 1.61. The first-order chi connectivity index (χ1) is 16.3. The number of hydrogen-bond donors (Lipinski definition) is 7. The Kier molecular flexibility index (Phi) is 9.37. The summed E-state index contributed by atoms with van der Waals surface area (Å²) in [4.78, 5) is 0. The van der Waals surface area contributed by atoms with E-state index in [-0.39, 0.29) is 36.6 Å². The van der Waals surface area contributed by atoms with Crippen molar-refractivity contribution in [1.82, 2.24) is 0 Å². The Morgan fingerprint density at radius 3 is 2.34 bits per heavy atom. The first-order valence-electron chi connectivity index (χ1n) is 12.2. The summed E-state index contributed by atoms with van der Waals surface area (Å²) >= 11 is 0. The second kappa shape index (κ2) is 11.4. The van der Waals surface area contributed by atoms with Crippen LogP contribution in [0.3, 0.4) is 0 Å². The van der Waals surface area contributed by atoms with E-state index in [1.807, 2.05) is 6.08 Å². The van der Waals surface area contributed by atoms with Gasteiger partial charge in [-0.1, -0.05) is 32.9 Å². The maximum Gasteiger partial charge on any atom is 0.186 e. The number of hydrogen-bond acceptors (Lipinski definition) is 11. The van der Waals surface area contributed by atoms with Crippen LogP contribution < -0.4 is 0 Å². The van der Waals surface area contributed by atoms with Gasteiger partial charge in [0.25, 0.3) is 0 Å². The van der Waals surface area contributed by atoms with Crippen molar-refractivity contribution in [2.24, 2.45) is 17.3 Å². The van der Waals surface area contributed by atoms with E-state index in [0.717, 1.165) is 0 Å². The molecule has 1 aliphatic carbocycles. The lowest BCUT2D eigenvalue weighted by atomic mass is 9.63. The summed E-state index contributed by atoms with van der Waals surface area (Å²) in [6, 6.07) is 0. The van der Waals surface area contributed by atoms with Gasteiger partial charge < -0.3 is 54.7 Å². The monoisotopic (exact) mass is 506 g/mol. The molecule has 7 N–H and O–H groups in total. The molecule has 12 atom stereocenters. The zero-order chi connectivity index (χ0) is 26.1. The van der Waals surface area contributed by atoms with Gasteiger partial charge in [0.15, 0.2) is 12.6 Å². The standard InChI is InChI=1S/C24H42O11/c1-12-7-14(8-23(3,4)15(12)6-5-13(2)26)34-21-19(29)18(28)17(27)16(35-21)9-32-22-20(30)24(31,10-25)11-33-22/h5-6,12-22,25-31H,7-11H2,1-4H3/b6-5+/t12-,13-,14+,15+,16-,17-,18+,19-,20+,21-,22-,24-/m1/s1. The molecule has 0 radical (unpaired) electrons. The molecule has 2 heterocycles. The third-order valence-electron chi connectivity index (χ3n) is 7.50. The number of allylic oxidation sites excluding steroid dienone is 1. The molecule has 204 valence electrons. The zero-order valence-electron chi connectivity index (χ0n) is 20.8. The van der Waals surface area contributed by atoms with E-state index in [1.165, 1.54) is 0 Å². The fourth-order valence-corrected chi connectivity index (χ4v) is 5.45. The van der Waals surface area contributed by atoms with Gasteiger partial charge in [0, 0.05) is 0 Å². The number of aliphatic hydroxyl groups excluding tert-OH is 6. The lowest BCUT2D eigenvalue weighted by Gasteiger charge is -2.47. The van der Waals surface area contributed by atoms with Crippen molar-refractivity contribution in [1.29, 1.82) is 0 Å². The molecule has 0 aromatic rings. The van der Waals surface area contributed by atoms with Gasteiger partial charge in [-0.3, -0.25) is 0 Å². The SMILES string of the molecule is C[C@@H]1C[C@H](O[C@@H]2O[C@H](CO[C@@H]3OC[C@](O)(CO)[C@H]3O)[C@@H](O)[C@H](O)[C@H]2O)CC(C)(C)[C@H]1/C=C/[C@@H](C)O. The zero-order valence-corrected chi connectivity index (χ0v) is 20.8. The van der Waals surface area contributed by atoms with Gasteiger partial charge in [-0.15, -0.1) is 0 Å². The van der Waals surface area contributed by atoms with Crippen LogP contribution in [0, 0.1) is 17.3 Å². The van der Waals surface area contributed by atoms with Gasteiger partial charge in [-0.05, 0) is 37.0 Å². The summed E-state index contributed by atoms with van der Waals surface area (Å²) in [6.45, 7) is 6.66. The molecule has 0 amide bonds. The van der Waals surface area contributed by atoms with Gasteiger partial charge in [0.05, 0.1) is 32.0 Å². The highest BCUT2D eigenvalue weighted by Crippen LogP contribution is 2.46. The lowest BCUT2D eigenvalue weighted by molar-refractivity contribution is -0.323. The van der Waals surface area contributed by atoms with Crippen LogP contribution in [0.2, 0.25) is 0 Å². The number of ether oxygens (including phenoxy) is 4. The summed E-state index contributed by atoms with van der Waals surface area (Å²) in [5.74, 6) is 0.443. The average molecular weight is 507 g/mol. The molecule has 3 rings (SSSR count). The first-order valence-corrected chi connectivity index (χ1v) is 12.2. The summed E-state index contributed by atoms with van der Waals surface area (Å²) in [6.07, 6.45) is -5.29. The third kappa shape index (κ3) is 6.42. The summed E-state index contributed by atoms with van der Waals surface area (Å²) in [5.41, 5.74) is -2.02. The molecule has 1 saturated carbocycles. The van der Waals surface area contributed by atoms with Crippen LogP contribution in [0.15, 0.2) is 12.2 Å². The summed E-state index contributed by atoms with van der Waals surface area (Å²) < 4.78 is 22.5. The van der Waals surface area contributed by atoms with E-state index < -0.39 is 61.4 Å². The van der Waals surface area contributed by atoms with Gasteiger partial charge in [-0.2, -0.15) is 0 Å². The largest absolute Gasteiger partial charge is 0.393 e. The maximum atomic E-state index is 10.5. The van der Waals surface area contributed by atoms with Crippen LogP contribution in [0.25, 0.3) is 0 Å². The van der Waals surface area contributed by atoms with Crippen molar-refractivity contribution in [2.75, 3.05) is 19.8 Å². The molecule has 0 bridgehead atoms. The van der Waals surface area contributed by atoms with Gasteiger partial charge in [-0.25, -0.2) is 0 Å². The van der Waals surface area contributed by atoms with Crippen LogP contribution in [0.4, 0.5) is 0 Å². The molecule has 0 spiro atoms. The Hall–Kier alpha value is -0.700. The highest BCUT2D eigenvalue weighted by Gasteiger charge is 2.51. The van der Waals surface area contributed by atoms with Crippen LogP contribution in [-0.2, 0) is 18.9 Å². The maximum absolute atomic E-state index is 10.5. The van der Waals surface area contributed by atoms with Crippen molar-refractivity contribution in [2.45, 2.75) is 101 Å². The molecule has 3 fully saturated rings. The Labute approximate surface area is 205 Å². The van der Waals surface area contributed by atoms with Crippen LogP contribution in [0.5, 0.6) is 0 Å². The van der Waals surface area contributed by atoms with Gasteiger partial charge in [0.1, 0.15) is 36.1 Å². The lowest BCUT2D eigenvalue weighted by Crippen LogP contribution is -2.60. The molecule has 0 unspecified atom stereocenters. The number of rotatable bonds is 8. The second-order valence-corrected chi connectivity index (χ2v) is 11.0. The van der Waals surface area contributed by atoms with Crippen molar-refractivity contribution < 1.29 is 54.7 Å². The summed E-state index contributed by atoms with van der Waals surface area (Å²) in [5, 5.41) is 70.4. The highest BCUT2D eigenvalue weighted by atomic mass is 16.7. The van der Waals surface area contributed by atoms with E-state index in [2.05, 4.69) is 20.8 Å². The van der Waals surface area contributed by atoms with Crippen molar-refractivity contribution >= 4 is 0 Å². The Bertz CT molecular complexity index is 716. The van der Waals surface area contributed by atoms with Crippen molar-refractivity contribution in [3.8, 4) is 0 Å². The summed E-state index contributed by atoms with van der Waals surface area (Å²) in [7, 11) is 0. The second-order valence-electron chi connectivity index (χ2n) is 11.0. The minimum absolute atomic E-state index is 0.159. The predicted molar refractivity (Wildman–Crippen MR) is 122 cm³/mol. The van der Waals surface area contributed by atoms with E-state index in [1.54, 1.807) is 13.0 Å². The molecular formula is C24H42O11. The van der Waals surface area contributed by atoms with Crippen LogP contribution in [0.1, 0.15) is 40.5 Å². The van der Waals surface area contributed by atoms with Crippen LogP contribution in [-0.4, -0.2) is 116 Å². The molecule has 2 aliphatic heterocycles. The number of aliphatic hydroxyl groups is 7. The van der Waals surface area contributed by atoms with Gasteiger partial charge in [0.2, 0.25) is 0 Å². The van der Waals surface area contributed by atoms with E-state index in [0.29, 0.717) is 12.8 Å². The molecule has 35 heavy (non-hydrogen) atoms. The van der Waals surface area contributed by atoms with E-state index in [4.69, 9.17) is 18.9 Å². The molecule has 11 heteroatoms. The molecular weight excluding hydrogens is 464 g/mol.